The van der Waals surface area contributed by atoms with Gasteiger partial charge in [-0.3, -0.25) is 0 Å². The van der Waals surface area contributed by atoms with Crippen molar-refractivity contribution in [2.75, 3.05) is 0 Å². The number of hydrogen-bond acceptors (Lipinski definition) is 5. The van der Waals surface area contributed by atoms with Gasteiger partial charge in [0.2, 0.25) is 0 Å². The lowest BCUT2D eigenvalue weighted by molar-refractivity contribution is -0.357. The van der Waals surface area contributed by atoms with Gasteiger partial charge in [0.15, 0.2) is 0 Å². The number of hydrogen-bond donors (Lipinski definition) is 0. The maximum absolute atomic E-state index is 13.4. The molecule has 1 heterocycles. The van der Waals surface area contributed by atoms with E-state index in [1.54, 1.807) is 24.3 Å². The van der Waals surface area contributed by atoms with Crippen molar-refractivity contribution >= 4 is 27.8 Å². The zero-order valence-electron chi connectivity index (χ0n) is 13.1. The summed E-state index contributed by atoms with van der Waals surface area (Å²) in [7, 11) is 0. The average molecular weight is 410 g/mol. The van der Waals surface area contributed by atoms with Crippen molar-refractivity contribution in [3.63, 3.8) is 0 Å². The molecule has 0 spiro atoms. The standard InChI is InChI=1S/C15H15BrF3NO4/c1-13(2,3)22-12(21)23-14(15(17,18)19)8-11(20-24-14)9-4-6-10(16)7-5-9/h4-7H,8H2,1-3H3. The van der Waals surface area contributed by atoms with Crippen LogP contribution in [0.15, 0.2) is 33.9 Å². The minimum Gasteiger partial charge on any atom is -0.428 e. The van der Waals surface area contributed by atoms with E-state index in [9.17, 15) is 18.0 Å². The number of carbonyl (C=O) groups excluding carboxylic acids is 1. The van der Waals surface area contributed by atoms with Crippen molar-refractivity contribution in [1.82, 2.24) is 0 Å². The Morgan fingerprint density at radius 2 is 1.83 bits per heavy atom. The van der Waals surface area contributed by atoms with Crippen LogP contribution < -0.4 is 0 Å². The van der Waals surface area contributed by atoms with Crippen molar-refractivity contribution in [1.29, 1.82) is 0 Å². The minimum atomic E-state index is -4.98. The van der Waals surface area contributed by atoms with E-state index in [-0.39, 0.29) is 5.71 Å². The summed E-state index contributed by atoms with van der Waals surface area (Å²) in [6, 6.07) is 6.46. The highest BCUT2D eigenvalue weighted by Gasteiger charge is 2.65. The smallest absolute Gasteiger partial charge is 0.428 e. The first-order chi connectivity index (χ1) is 10.9. The van der Waals surface area contributed by atoms with Gasteiger partial charge < -0.3 is 14.3 Å². The van der Waals surface area contributed by atoms with E-state index >= 15 is 0 Å². The maximum Gasteiger partial charge on any atom is 0.512 e. The summed E-state index contributed by atoms with van der Waals surface area (Å²) in [6.45, 7) is 4.52. The molecule has 0 saturated carbocycles. The van der Waals surface area contributed by atoms with Crippen molar-refractivity contribution < 1.29 is 32.3 Å². The number of rotatable bonds is 2. The van der Waals surface area contributed by atoms with Gasteiger partial charge in [0.1, 0.15) is 5.60 Å². The van der Waals surface area contributed by atoms with Crippen LogP contribution in [-0.2, 0) is 14.3 Å². The molecule has 1 unspecified atom stereocenters. The fourth-order valence-corrected chi connectivity index (χ4v) is 2.15. The predicted octanol–water partition coefficient (Wildman–Crippen LogP) is 4.78. The van der Waals surface area contributed by atoms with Gasteiger partial charge in [-0.2, -0.15) is 13.2 Å². The number of benzene rings is 1. The monoisotopic (exact) mass is 409 g/mol. The van der Waals surface area contributed by atoms with Crippen LogP contribution in [0.2, 0.25) is 0 Å². The van der Waals surface area contributed by atoms with E-state index in [1.165, 1.54) is 20.8 Å². The number of oxime groups is 1. The Bertz CT molecular complexity index is 652. The van der Waals surface area contributed by atoms with Gasteiger partial charge in [-0.1, -0.05) is 33.2 Å². The highest BCUT2D eigenvalue weighted by atomic mass is 79.9. The Morgan fingerprint density at radius 3 is 2.33 bits per heavy atom. The molecule has 0 saturated heterocycles. The van der Waals surface area contributed by atoms with Crippen molar-refractivity contribution in [3.8, 4) is 0 Å². The predicted molar refractivity (Wildman–Crippen MR) is 82.5 cm³/mol. The molecule has 5 nitrogen and oxygen atoms in total. The van der Waals surface area contributed by atoms with Gasteiger partial charge in [0, 0.05) is 4.47 Å². The first-order valence-corrected chi connectivity index (χ1v) is 7.71. The van der Waals surface area contributed by atoms with Gasteiger partial charge in [-0.15, -0.1) is 0 Å². The van der Waals surface area contributed by atoms with E-state index in [0.717, 1.165) is 4.47 Å². The van der Waals surface area contributed by atoms with Gasteiger partial charge in [-0.05, 0) is 38.5 Å². The van der Waals surface area contributed by atoms with Crippen LogP contribution in [0.1, 0.15) is 32.8 Å². The third kappa shape index (κ3) is 4.19. The van der Waals surface area contributed by atoms with Crippen LogP contribution in [-0.4, -0.2) is 29.4 Å². The van der Waals surface area contributed by atoms with Gasteiger partial charge in [0.05, 0.1) is 12.1 Å². The third-order valence-corrected chi connectivity index (χ3v) is 3.48. The molecule has 0 fully saturated rings. The fraction of sp³-hybridized carbons (Fsp3) is 0.467. The van der Waals surface area contributed by atoms with E-state index < -0.39 is 30.1 Å². The molecule has 0 bridgehead atoms. The lowest BCUT2D eigenvalue weighted by Crippen LogP contribution is -2.50. The molecule has 0 aromatic heterocycles. The number of carbonyl (C=O) groups is 1. The molecule has 1 aromatic carbocycles. The second kappa shape index (κ2) is 6.27. The molecule has 1 aromatic rings. The normalized spacial score (nSPS) is 21.0. The molecule has 2 rings (SSSR count). The van der Waals surface area contributed by atoms with E-state index in [4.69, 9.17) is 4.74 Å². The minimum absolute atomic E-state index is 0.0170. The van der Waals surface area contributed by atoms with Crippen LogP contribution in [0.4, 0.5) is 18.0 Å². The molecule has 24 heavy (non-hydrogen) atoms. The van der Waals surface area contributed by atoms with Gasteiger partial charge in [0.25, 0.3) is 0 Å². The molecular formula is C15H15BrF3NO4. The second-order valence-corrected chi connectivity index (χ2v) is 7.05. The Hall–Kier alpha value is -1.77. The molecule has 1 aliphatic heterocycles. The zero-order valence-corrected chi connectivity index (χ0v) is 14.7. The molecule has 9 heteroatoms. The Balaban J connectivity index is 2.20. The molecule has 0 amide bonds. The molecule has 132 valence electrons. The Morgan fingerprint density at radius 1 is 1.25 bits per heavy atom. The van der Waals surface area contributed by atoms with Crippen LogP contribution in [0.25, 0.3) is 0 Å². The molecular weight excluding hydrogens is 395 g/mol. The Kier molecular flexibility index (Phi) is 4.85. The van der Waals surface area contributed by atoms with Crippen LogP contribution in [0.5, 0.6) is 0 Å². The molecule has 1 aliphatic rings. The van der Waals surface area contributed by atoms with Crippen molar-refractivity contribution in [2.45, 2.75) is 44.8 Å². The first-order valence-electron chi connectivity index (χ1n) is 6.92. The third-order valence-electron chi connectivity index (χ3n) is 2.95. The lowest BCUT2D eigenvalue weighted by Gasteiger charge is -2.29. The maximum atomic E-state index is 13.4. The summed E-state index contributed by atoms with van der Waals surface area (Å²) in [4.78, 5) is 16.2. The molecule has 1 atom stereocenters. The Labute approximate surface area is 144 Å². The lowest BCUT2D eigenvalue weighted by atomic mass is 10.0. The summed E-state index contributed by atoms with van der Waals surface area (Å²) in [5, 5.41) is 3.45. The van der Waals surface area contributed by atoms with Crippen molar-refractivity contribution in [3.05, 3.63) is 34.3 Å². The fourth-order valence-electron chi connectivity index (χ4n) is 1.88. The summed E-state index contributed by atoms with van der Waals surface area (Å²) < 4.78 is 50.3. The van der Waals surface area contributed by atoms with E-state index in [2.05, 4.69) is 30.7 Å². The topological polar surface area (TPSA) is 57.1 Å². The summed E-state index contributed by atoms with van der Waals surface area (Å²) in [5.74, 6) is -3.20. The van der Waals surface area contributed by atoms with Gasteiger partial charge >= 0.3 is 18.1 Å². The highest BCUT2D eigenvalue weighted by molar-refractivity contribution is 9.10. The summed E-state index contributed by atoms with van der Waals surface area (Å²) in [6.07, 6.45) is -7.23. The van der Waals surface area contributed by atoms with Crippen LogP contribution in [0.3, 0.4) is 0 Å². The van der Waals surface area contributed by atoms with E-state index in [0.29, 0.717) is 5.56 Å². The number of alkyl halides is 3. The quantitative estimate of drug-likeness (QED) is 0.659. The summed E-state index contributed by atoms with van der Waals surface area (Å²) in [5.41, 5.74) is -0.557. The molecule has 0 N–H and O–H groups in total. The zero-order chi connectivity index (χ0) is 18.2. The average Bonchev–Trinajstić information content (AvgIpc) is 2.82. The van der Waals surface area contributed by atoms with Crippen LogP contribution >= 0.6 is 15.9 Å². The highest BCUT2D eigenvalue weighted by Crippen LogP contribution is 2.42. The van der Waals surface area contributed by atoms with E-state index in [1.807, 2.05) is 0 Å². The molecule has 0 aliphatic carbocycles. The number of ether oxygens (including phenoxy) is 2. The van der Waals surface area contributed by atoms with Gasteiger partial charge in [-0.25, -0.2) is 4.79 Å². The van der Waals surface area contributed by atoms with Crippen molar-refractivity contribution in [2.24, 2.45) is 5.16 Å². The second-order valence-electron chi connectivity index (χ2n) is 6.13. The van der Waals surface area contributed by atoms with Crippen LogP contribution in [0, 0.1) is 0 Å². The number of nitrogens with zero attached hydrogens (tertiary/aromatic N) is 1. The summed E-state index contributed by atoms with van der Waals surface area (Å²) >= 11 is 3.23. The number of halogens is 4. The largest absolute Gasteiger partial charge is 0.512 e. The first kappa shape index (κ1) is 18.6. The molecule has 0 radical (unpaired) electrons. The SMILES string of the molecule is CC(C)(C)OC(=O)OC1(C(F)(F)F)CC(c2ccc(Br)cc2)=NO1.